The summed E-state index contributed by atoms with van der Waals surface area (Å²) < 4.78 is 25.0. The Kier molecular flexibility index (Phi) is 6.50. The summed E-state index contributed by atoms with van der Waals surface area (Å²) in [6, 6.07) is 4.63. The van der Waals surface area contributed by atoms with Gasteiger partial charge in [0.25, 0.3) is 5.91 Å². The summed E-state index contributed by atoms with van der Waals surface area (Å²) in [4.78, 5) is 24.5. The first-order valence-electron chi connectivity index (χ1n) is 8.00. The Labute approximate surface area is 150 Å². The summed E-state index contributed by atoms with van der Waals surface area (Å²) in [6.45, 7) is 5.57. The van der Waals surface area contributed by atoms with Gasteiger partial charge in [0.2, 0.25) is 0 Å². The van der Waals surface area contributed by atoms with Crippen LogP contribution in [-0.4, -0.2) is 31.6 Å². The maximum atomic E-state index is 14.1. The number of carbonyl (C=O) groups is 2. The van der Waals surface area contributed by atoms with Crippen molar-refractivity contribution in [3.8, 4) is 0 Å². The van der Waals surface area contributed by atoms with E-state index in [1.165, 1.54) is 13.2 Å². The SMILES string of the molecule is COCc1c(C(=O)OCC(=O)N[C@H](C)C(C)C)sc2cccc(F)c12. The molecule has 25 heavy (non-hydrogen) atoms. The van der Waals surface area contributed by atoms with Crippen LogP contribution in [0.4, 0.5) is 4.39 Å². The minimum atomic E-state index is -0.653. The van der Waals surface area contributed by atoms with E-state index in [-0.39, 0.29) is 36.0 Å². The predicted octanol–water partition coefficient (Wildman–Crippen LogP) is 3.50. The molecule has 0 aliphatic heterocycles. The Hall–Kier alpha value is -1.99. The van der Waals surface area contributed by atoms with Crippen LogP contribution in [0.15, 0.2) is 18.2 Å². The van der Waals surface area contributed by atoms with Crippen molar-refractivity contribution in [1.82, 2.24) is 5.32 Å². The molecule has 5 nitrogen and oxygen atoms in total. The van der Waals surface area contributed by atoms with E-state index in [1.807, 2.05) is 20.8 Å². The highest BCUT2D eigenvalue weighted by Crippen LogP contribution is 2.34. The molecule has 1 atom stereocenters. The number of fused-ring (bicyclic) bond motifs is 1. The molecule has 0 fully saturated rings. The van der Waals surface area contributed by atoms with Crippen molar-refractivity contribution in [1.29, 1.82) is 0 Å². The van der Waals surface area contributed by atoms with Gasteiger partial charge in [-0.15, -0.1) is 11.3 Å². The first-order valence-corrected chi connectivity index (χ1v) is 8.82. The molecular formula is C18H22FNO4S. The molecule has 1 aromatic heterocycles. The van der Waals surface area contributed by atoms with Crippen LogP contribution >= 0.6 is 11.3 Å². The topological polar surface area (TPSA) is 64.6 Å². The van der Waals surface area contributed by atoms with E-state index >= 15 is 0 Å². The molecule has 0 saturated heterocycles. The van der Waals surface area contributed by atoms with Crippen molar-refractivity contribution >= 4 is 33.3 Å². The van der Waals surface area contributed by atoms with E-state index < -0.39 is 11.8 Å². The normalized spacial score (nSPS) is 12.4. The Morgan fingerprint density at radius 1 is 1.28 bits per heavy atom. The minimum Gasteiger partial charge on any atom is -0.451 e. The van der Waals surface area contributed by atoms with Crippen LogP contribution in [-0.2, 0) is 20.9 Å². The maximum Gasteiger partial charge on any atom is 0.349 e. The van der Waals surface area contributed by atoms with E-state index in [4.69, 9.17) is 9.47 Å². The zero-order valence-electron chi connectivity index (χ0n) is 14.7. The molecule has 0 radical (unpaired) electrons. The van der Waals surface area contributed by atoms with Crippen molar-refractivity contribution in [3.05, 3.63) is 34.5 Å². The molecule has 7 heteroatoms. The standard InChI is InChI=1S/C18H22FNO4S/c1-10(2)11(3)20-15(21)9-24-18(22)17-12(8-23-4)16-13(19)6-5-7-14(16)25-17/h5-7,10-11H,8-9H2,1-4H3,(H,20,21)/t11-/m1/s1. The van der Waals surface area contributed by atoms with Gasteiger partial charge in [-0.25, -0.2) is 9.18 Å². The third-order valence-corrected chi connectivity index (χ3v) is 5.14. The highest BCUT2D eigenvalue weighted by molar-refractivity contribution is 7.21. The van der Waals surface area contributed by atoms with Crippen LogP contribution in [0.5, 0.6) is 0 Å². The summed E-state index contributed by atoms with van der Waals surface area (Å²) in [5, 5.41) is 3.12. The van der Waals surface area contributed by atoms with Gasteiger partial charge in [-0.3, -0.25) is 4.79 Å². The second-order valence-corrected chi connectivity index (χ2v) is 7.18. The number of nitrogens with one attached hydrogen (secondary N) is 1. The Bertz CT molecular complexity index is 772. The van der Waals surface area contributed by atoms with Gasteiger partial charge in [-0.2, -0.15) is 0 Å². The van der Waals surface area contributed by atoms with Gasteiger partial charge in [0.15, 0.2) is 6.61 Å². The Balaban J connectivity index is 2.15. The van der Waals surface area contributed by atoms with Gasteiger partial charge in [0.05, 0.1) is 6.61 Å². The van der Waals surface area contributed by atoms with Crippen molar-refractivity contribution in [2.45, 2.75) is 33.4 Å². The lowest BCUT2D eigenvalue weighted by Gasteiger charge is -2.17. The third kappa shape index (κ3) is 4.55. The van der Waals surface area contributed by atoms with Crippen LogP contribution < -0.4 is 5.32 Å². The summed E-state index contributed by atoms with van der Waals surface area (Å²) in [7, 11) is 1.47. The molecule has 2 aromatic rings. The summed E-state index contributed by atoms with van der Waals surface area (Å²) in [6.07, 6.45) is 0. The lowest BCUT2D eigenvalue weighted by molar-refractivity contribution is -0.125. The van der Waals surface area contributed by atoms with E-state index in [2.05, 4.69) is 5.32 Å². The third-order valence-electron chi connectivity index (χ3n) is 3.96. The number of hydrogen-bond donors (Lipinski definition) is 1. The van der Waals surface area contributed by atoms with Gasteiger partial charge < -0.3 is 14.8 Å². The van der Waals surface area contributed by atoms with E-state index in [1.54, 1.807) is 12.1 Å². The zero-order chi connectivity index (χ0) is 18.6. The van der Waals surface area contributed by atoms with Crippen LogP contribution in [0.1, 0.15) is 36.0 Å². The van der Waals surface area contributed by atoms with E-state index in [0.717, 1.165) is 11.3 Å². The average molecular weight is 367 g/mol. The number of benzene rings is 1. The molecule has 1 amide bonds. The number of amides is 1. The van der Waals surface area contributed by atoms with Crippen molar-refractivity contribution in [2.75, 3.05) is 13.7 Å². The summed E-state index contributed by atoms with van der Waals surface area (Å²) in [5.41, 5.74) is 0.446. The van der Waals surface area contributed by atoms with Gasteiger partial charge in [-0.1, -0.05) is 19.9 Å². The fraction of sp³-hybridized carbons (Fsp3) is 0.444. The molecular weight excluding hydrogens is 345 g/mol. The van der Waals surface area contributed by atoms with E-state index in [0.29, 0.717) is 15.6 Å². The number of rotatable bonds is 7. The average Bonchev–Trinajstić information content (AvgIpc) is 2.93. The molecule has 0 saturated carbocycles. The quantitative estimate of drug-likeness (QED) is 0.761. The number of carbonyl (C=O) groups excluding carboxylic acids is 2. The second-order valence-electron chi connectivity index (χ2n) is 6.13. The molecule has 1 aromatic carbocycles. The van der Waals surface area contributed by atoms with Crippen molar-refractivity contribution in [3.63, 3.8) is 0 Å². The van der Waals surface area contributed by atoms with Crippen LogP contribution in [0.3, 0.4) is 0 Å². The zero-order valence-corrected chi connectivity index (χ0v) is 15.5. The van der Waals surface area contributed by atoms with Gasteiger partial charge in [0.1, 0.15) is 10.7 Å². The number of thiophene rings is 1. The Morgan fingerprint density at radius 2 is 2.00 bits per heavy atom. The molecule has 0 unspecified atom stereocenters. The minimum absolute atomic E-state index is 0.0197. The summed E-state index contributed by atoms with van der Waals surface area (Å²) >= 11 is 1.13. The number of hydrogen-bond acceptors (Lipinski definition) is 5. The van der Waals surface area contributed by atoms with Crippen LogP contribution in [0.25, 0.3) is 10.1 Å². The van der Waals surface area contributed by atoms with Crippen LogP contribution in [0, 0.1) is 11.7 Å². The van der Waals surface area contributed by atoms with Crippen molar-refractivity contribution in [2.24, 2.45) is 5.92 Å². The fourth-order valence-electron chi connectivity index (χ4n) is 2.27. The molecule has 0 bridgehead atoms. The van der Waals surface area contributed by atoms with Gasteiger partial charge in [0, 0.05) is 28.8 Å². The first kappa shape index (κ1) is 19.3. The predicted molar refractivity (Wildman–Crippen MR) is 95.2 cm³/mol. The molecule has 1 heterocycles. The van der Waals surface area contributed by atoms with E-state index in [9.17, 15) is 14.0 Å². The number of halogens is 1. The second kappa shape index (κ2) is 8.40. The highest BCUT2D eigenvalue weighted by atomic mass is 32.1. The lowest BCUT2D eigenvalue weighted by atomic mass is 10.1. The first-order chi connectivity index (χ1) is 11.8. The van der Waals surface area contributed by atoms with Gasteiger partial charge >= 0.3 is 5.97 Å². The Morgan fingerprint density at radius 3 is 2.64 bits per heavy atom. The number of methoxy groups -OCH3 is 1. The molecule has 136 valence electrons. The smallest absolute Gasteiger partial charge is 0.349 e. The fourth-order valence-corrected chi connectivity index (χ4v) is 3.39. The van der Waals surface area contributed by atoms with Gasteiger partial charge in [-0.05, 0) is 25.0 Å². The molecule has 2 rings (SSSR count). The molecule has 0 spiro atoms. The van der Waals surface area contributed by atoms with Crippen LogP contribution in [0.2, 0.25) is 0 Å². The maximum absolute atomic E-state index is 14.1. The number of esters is 1. The molecule has 0 aliphatic rings. The number of ether oxygens (including phenoxy) is 2. The van der Waals surface area contributed by atoms with Crippen molar-refractivity contribution < 1.29 is 23.5 Å². The largest absolute Gasteiger partial charge is 0.451 e. The lowest BCUT2D eigenvalue weighted by Crippen LogP contribution is -2.38. The summed E-state index contributed by atoms with van der Waals surface area (Å²) in [5.74, 6) is -1.16. The highest BCUT2D eigenvalue weighted by Gasteiger charge is 2.22. The molecule has 0 aliphatic carbocycles. The monoisotopic (exact) mass is 367 g/mol. The molecule has 1 N–H and O–H groups in total.